The predicted molar refractivity (Wildman–Crippen MR) is 78.2 cm³/mol. The minimum absolute atomic E-state index is 0.0757. The summed E-state index contributed by atoms with van der Waals surface area (Å²) < 4.78 is 26.0. The highest BCUT2D eigenvalue weighted by atomic mass is 32.2. The summed E-state index contributed by atoms with van der Waals surface area (Å²) in [6.45, 7) is 1.92. The van der Waals surface area contributed by atoms with Crippen molar-refractivity contribution in [2.24, 2.45) is 0 Å². The first-order valence-corrected chi connectivity index (χ1v) is 8.28. The van der Waals surface area contributed by atoms with Gasteiger partial charge in [-0.2, -0.15) is 0 Å². The summed E-state index contributed by atoms with van der Waals surface area (Å²) in [6, 6.07) is 5.08. The number of unbranched alkanes of at least 4 members (excludes halogenated alkanes) is 1. The Bertz CT molecular complexity index is 640. The first-order valence-electron chi connectivity index (χ1n) is 6.63. The zero-order chi connectivity index (χ0) is 15.5. The SMILES string of the molecule is CCCCS(=O)(=O)Nc1ccc(C2NC(=O)NC2=O)cc1. The van der Waals surface area contributed by atoms with Crippen LogP contribution in [0, 0.1) is 0 Å². The Balaban J connectivity index is 2.06. The Hall–Kier alpha value is -2.09. The van der Waals surface area contributed by atoms with Gasteiger partial charge in [0.05, 0.1) is 5.75 Å². The maximum absolute atomic E-state index is 11.8. The minimum Gasteiger partial charge on any atom is -0.322 e. The fourth-order valence-corrected chi connectivity index (χ4v) is 3.23. The molecule has 1 aliphatic rings. The van der Waals surface area contributed by atoms with Crippen LogP contribution >= 0.6 is 0 Å². The van der Waals surface area contributed by atoms with Crippen molar-refractivity contribution in [2.45, 2.75) is 25.8 Å². The molecule has 3 N–H and O–H groups in total. The van der Waals surface area contributed by atoms with E-state index in [-0.39, 0.29) is 5.75 Å². The number of amides is 3. The lowest BCUT2D eigenvalue weighted by Gasteiger charge is -2.10. The van der Waals surface area contributed by atoms with E-state index >= 15 is 0 Å². The molecule has 0 aliphatic carbocycles. The van der Waals surface area contributed by atoms with Crippen molar-refractivity contribution in [1.29, 1.82) is 0 Å². The van der Waals surface area contributed by atoms with Gasteiger partial charge in [-0.15, -0.1) is 0 Å². The molecule has 1 atom stereocenters. The van der Waals surface area contributed by atoms with E-state index in [0.29, 0.717) is 17.7 Å². The maximum atomic E-state index is 11.8. The summed E-state index contributed by atoms with van der Waals surface area (Å²) in [5.74, 6) is -0.344. The Morgan fingerprint density at radius 3 is 2.38 bits per heavy atom. The van der Waals surface area contributed by atoms with Crippen molar-refractivity contribution in [3.05, 3.63) is 29.8 Å². The van der Waals surface area contributed by atoms with Crippen LogP contribution in [0.5, 0.6) is 0 Å². The normalized spacial score (nSPS) is 18.2. The van der Waals surface area contributed by atoms with Crippen molar-refractivity contribution in [2.75, 3.05) is 10.5 Å². The monoisotopic (exact) mass is 311 g/mol. The molecular weight excluding hydrogens is 294 g/mol. The van der Waals surface area contributed by atoms with Crippen LogP contribution in [0.15, 0.2) is 24.3 Å². The molecule has 7 nitrogen and oxygen atoms in total. The second kappa shape index (κ2) is 6.13. The lowest BCUT2D eigenvalue weighted by molar-refractivity contribution is -0.120. The van der Waals surface area contributed by atoms with Crippen molar-refractivity contribution < 1.29 is 18.0 Å². The third-order valence-electron chi connectivity index (χ3n) is 3.06. The lowest BCUT2D eigenvalue weighted by atomic mass is 10.1. The standard InChI is InChI=1S/C13H17N3O4S/c1-2-3-8-21(19,20)16-10-6-4-9(5-7-10)11-12(17)15-13(18)14-11/h4-7,11,16H,2-3,8H2,1H3,(H2,14,15,17,18). The van der Waals surface area contributed by atoms with Crippen LogP contribution in [0.4, 0.5) is 10.5 Å². The number of carbonyl (C=O) groups excluding carboxylic acids is 2. The van der Waals surface area contributed by atoms with E-state index in [0.717, 1.165) is 6.42 Å². The summed E-state index contributed by atoms with van der Waals surface area (Å²) >= 11 is 0. The number of nitrogens with one attached hydrogen (secondary N) is 3. The summed E-state index contributed by atoms with van der Waals surface area (Å²) in [5.41, 5.74) is 1.02. The quantitative estimate of drug-likeness (QED) is 0.684. The summed E-state index contributed by atoms with van der Waals surface area (Å²) in [6.07, 6.45) is 1.40. The van der Waals surface area contributed by atoms with Gasteiger partial charge in [0.25, 0.3) is 5.91 Å². The molecule has 0 spiro atoms. The number of carbonyl (C=O) groups is 2. The highest BCUT2D eigenvalue weighted by Crippen LogP contribution is 2.19. The third kappa shape index (κ3) is 3.94. The van der Waals surface area contributed by atoms with Crippen molar-refractivity contribution >= 4 is 27.6 Å². The molecule has 1 aromatic rings. The van der Waals surface area contributed by atoms with Crippen LogP contribution in [-0.2, 0) is 14.8 Å². The first kappa shape index (κ1) is 15.3. The zero-order valence-corrected chi connectivity index (χ0v) is 12.4. The topological polar surface area (TPSA) is 104 Å². The van der Waals surface area contributed by atoms with E-state index in [4.69, 9.17) is 0 Å². The molecule has 0 bridgehead atoms. The average molecular weight is 311 g/mol. The van der Waals surface area contributed by atoms with Gasteiger partial charge in [0, 0.05) is 5.69 Å². The molecule has 8 heteroatoms. The van der Waals surface area contributed by atoms with Gasteiger partial charge in [-0.3, -0.25) is 14.8 Å². The Morgan fingerprint density at radius 1 is 1.19 bits per heavy atom. The number of anilines is 1. The number of benzene rings is 1. The fourth-order valence-electron chi connectivity index (χ4n) is 1.96. The fraction of sp³-hybridized carbons (Fsp3) is 0.385. The molecular formula is C13H17N3O4S. The molecule has 0 radical (unpaired) electrons. The van der Waals surface area contributed by atoms with Gasteiger partial charge < -0.3 is 5.32 Å². The number of sulfonamides is 1. The molecule has 114 valence electrons. The molecule has 1 unspecified atom stereocenters. The summed E-state index contributed by atoms with van der Waals surface area (Å²) in [7, 11) is -3.35. The second-order valence-electron chi connectivity index (χ2n) is 4.79. The first-order chi connectivity index (χ1) is 9.91. The van der Waals surface area contributed by atoms with Crippen molar-refractivity contribution in [3.8, 4) is 0 Å². The Kier molecular flexibility index (Phi) is 4.46. The molecule has 1 aromatic carbocycles. The number of rotatable bonds is 6. The van der Waals surface area contributed by atoms with Crippen LogP contribution in [0.3, 0.4) is 0 Å². The second-order valence-corrected chi connectivity index (χ2v) is 6.63. The van der Waals surface area contributed by atoms with Crippen LogP contribution in [0.2, 0.25) is 0 Å². The van der Waals surface area contributed by atoms with Gasteiger partial charge in [-0.05, 0) is 24.1 Å². The van der Waals surface area contributed by atoms with Crippen LogP contribution in [0.1, 0.15) is 31.4 Å². The third-order valence-corrected chi connectivity index (χ3v) is 4.43. The number of imide groups is 1. The van der Waals surface area contributed by atoms with Gasteiger partial charge in [-0.25, -0.2) is 13.2 Å². The summed E-state index contributed by atoms with van der Waals surface area (Å²) in [4.78, 5) is 22.6. The van der Waals surface area contributed by atoms with Crippen molar-refractivity contribution in [3.63, 3.8) is 0 Å². The van der Waals surface area contributed by atoms with E-state index in [1.54, 1.807) is 24.3 Å². The van der Waals surface area contributed by atoms with Gasteiger partial charge >= 0.3 is 6.03 Å². The van der Waals surface area contributed by atoms with E-state index in [1.165, 1.54) is 0 Å². The molecule has 0 aromatic heterocycles. The highest BCUT2D eigenvalue weighted by Gasteiger charge is 2.30. The summed E-state index contributed by atoms with van der Waals surface area (Å²) in [5, 5.41) is 4.62. The Morgan fingerprint density at radius 2 is 1.86 bits per heavy atom. The van der Waals surface area contributed by atoms with Crippen molar-refractivity contribution in [1.82, 2.24) is 10.6 Å². The van der Waals surface area contributed by atoms with Crippen LogP contribution in [-0.4, -0.2) is 26.1 Å². The molecule has 0 saturated carbocycles. The molecule has 1 heterocycles. The average Bonchev–Trinajstić information content (AvgIpc) is 2.76. The number of urea groups is 1. The van der Waals surface area contributed by atoms with E-state index in [2.05, 4.69) is 15.4 Å². The number of hydrogen-bond acceptors (Lipinski definition) is 4. The molecule has 21 heavy (non-hydrogen) atoms. The lowest BCUT2D eigenvalue weighted by Crippen LogP contribution is -2.22. The molecule has 3 amide bonds. The zero-order valence-electron chi connectivity index (χ0n) is 11.5. The highest BCUT2D eigenvalue weighted by molar-refractivity contribution is 7.92. The minimum atomic E-state index is -3.35. The van der Waals surface area contributed by atoms with Crippen LogP contribution in [0.25, 0.3) is 0 Å². The smallest absolute Gasteiger partial charge is 0.322 e. The predicted octanol–water partition coefficient (Wildman–Crippen LogP) is 1.11. The van der Waals surface area contributed by atoms with Gasteiger partial charge in [0.1, 0.15) is 6.04 Å². The largest absolute Gasteiger partial charge is 0.322 e. The van der Waals surface area contributed by atoms with Gasteiger partial charge in [0.15, 0.2) is 0 Å². The van der Waals surface area contributed by atoms with E-state index in [9.17, 15) is 18.0 Å². The van der Waals surface area contributed by atoms with E-state index < -0.39 is 28.0 Å². The van der Waals surface area contributed by atoms with E-state index in [1.807, 2.05) is 6.92 Å². The van der Waals surface area contributed by atoms with Gasteiger partial charge in [0.2, 0.25) is 10.0 Å². The molecule has 1 saturated heterocycles. The maximum Gasteiger partial charge on any atom is 0.322 e. The number of hydrogen-bond donors (Lipinski definition) is 3. The Labute approximate surface area is 123 Å². The van der Waals surface area contributed by atoms with Crippen LogP contribution < -0.4 is 15.4 Å². The van der Waals surface area contributed by atoms with Gasteiger partial charge in [-0.1, -0.05) is 25.5 Å². The molecule has 1 fully saturated rings. The molecule has 2 rings (SSSR count). The molecule has 1 aliphatic heterocycles.